The molecule has 0 spiro atoms. The highest BCUT2D eigenvalue weighted by atomic mass is 16.5. The lowest BCUT2D eigenvalue weighted by atomic mass is 9.85. The van der Waals surface area contributed by atoms with Gasteiger partial charge in [0.15, 0.2) is 11.8 Å². The van der Waals surface area contributed by atoms with Gasteiger partial charge in [0.25, 0.3) is 11.8 Å². The number of hydrogen-bond donors (Lipinski definition) is 1. The Morgan fingerprint density at radius 1 is 0.804 bits per heavy atom. The number of carbonyl (C=O) groups is 5. The Bertz CT molecular complexity index is 1440. The minimum atomic E-state index is -1.73. The van der Waals surface area contributed by atoms with Crippen molar-refractivity contribution in [1.29, 1.82) is 0 Å². The summed E-state index contributed by atoms with van der Waals surface area (Å²) in [7, 11) is 1.41. The molecule has 3 rings (SSSR count). The normalized spacial score (nSPS) is 13.7. The number of benzene rings is 2. The molecule has 0 saturated carbocycles. The van der Waals surface area contributed by atoms with Gasteiger partial charge >= 0.3 is 12.0 Å². The number of urea groups is 1. The number of amides is 4. The number of anilines is 1. The Balaban J connectivity index is 1.54. The van der Waals surface area contributed by atoms with Crippen molar-refractivity contribution in [2.24, 2.45) is 5.41 Å². The van der Waals surface area contributed by atoms with Crippen LogP contribution in [0.3, 0.4) is 0 Å². The molecular formula is C41H59N3O7. The topological polar surface area (TPSA) is 122 Å². The van der Waals surface area contributed by atoms with Gasteiger partial charge in [-0.1, -0.05) is 141 Å². The third-order valence-electron chi connectivity index (χ3n) is 9.21. The van der Waals surface area contributed by atoms with E-state index in [0.29, 0.717) is 0 Å². The molecule has 1 heterocycles. The molecule has 2 aromatic rings. The van der Waals surface area contributed by atoms with Gasteiger partial charge in [0.1, 0.15) is 12.3 Å². The van der Waals surface area contributed by atoms with Crippen molar-refractivity contribution in [2.45, 2.75) is 130 Å². The molecule has 51 heavy (non-hydrogen) atoms. The van der Waals surface area contributed by atoms with E-state index in [9.17, 15) is 24.0 Å². The van der Waals surface area contributed by atoms with Crippen molar-refractivity contribution in [3.63, 3.8) is 0 Å². The molecule has 1 fully saturated rings. The van der Waals surface area contributed by atoms with Gasteiger partial charge in [-0.15, -0.1) is 0 Å². The lowest BCUT2D eigenvalue weighted by Gasteiger charge is -2.29. The van der Waals surface area contributed by atoms with E-state index in [1.807, 2.05) is 30.3 Å². The van der Waals surface area contributed by atoms with E-state index in [4.69, 9.17) is 9.47 Å². The lowest BCUT2D eigenvalue weighted by molar-refractivity contribution is -0.143. The Hall–Kier alpha value is -4.21. The number of esters is 1. The van der Waals surface area contributed by atoms with E-state index in [-0.39, 0.29) is 36.7 Å². The summed E-state index contributed by atoms with van der Waals surface area (Å²) >= 11 is 0. The molecule has 4 amide bonds. The number of hydrogen-bond acceptors (Lipinski definition) is 7. The zero-order chi connectivity index (χ0) is 37.2. The van der Waals surface area contributed by atoms with Crippen LogP contribution in [0, 0.1) is 5.41 Å². The molecule has 0 bridgehead atoms. The number of imide groups is 1. The van der Waals surface area contributed by atoms with Gasteiger partial charge in [0.05, 0.1) is 25.0 Å². The molecule has 10 nitrogen and oxygen atoms in total. The SMILES string of the molecule is CCCCCCCCCCCCCCCCOC(=O)c1ccc(OC)c(NC(=O)C(C(=O)C(C)(C)C)N2C(=O)CN(Cc3ccccc3)C2=O)c1. The number of carbonyl (C=O) groups excluding carboxylic acids is 5. The van der Waals surface area contributed by atoms with Gasteiger partial charge in [-0.2, -0.15) is 0 Å². The van der Waals surface area contributed by atoms with E-state index in [1.165, 1.54) is 101 Å². The summed E-state index contributed by atoms with van der Waals surface area (Å²) in [6, 6.07) is 11.2. The van der Waals surface area contributed by atoms with Crippen LogP contribution in [0.2, 0.25) is 0 Å². The molecule has 1 atom stereocenters. The molecular weight excluding hydrogens is 646 g/mol. The summed E-state index contributed by atoms with van der Waals surface area (Å²) in [5.41, 5.74) is 0.0534. The number of unbranched alkanes of at least 4 members (excludes halogenated alkanes) is 13. The van der Waals surface area contributed by atoms with Crippen LogP contribution >= 0.6 is 0 Å². The highest BCUT2D eigenvalue weighted by Crippen LogP contribution is 2.29. The van der Waals surface area contributed by atoms with Crippen molar-refractivity contribution >= 4 is 35.3 Å². The van der Waals surface area contributed by atoms with E-state index in [0.717, 1.165) is 29.7 Å². The summed E-state index contributed by atoms with van der Waals surface area (Å²) in [6.07, 6.45) is 17.3. The van der Waals surface area contributed by atoms with Gasteiger partial charge in [0, 0.05) is 12.0 Å². The van der Waals surface area contributed by atoms with Crippen LogP contribution in [0.4, 0.5) is 10.5 Å². The Labute approximate surface area is 304 Å². The zero-order valence-electron chi connectivity index (χ0n) is 31.5. The maximum absolute atomic E-state index is 13.9. The first-order valence-electron chi connectivity index (χ1n) is 18.8. The van der Waals surface area contributed by atoms with Crippen LogP contribution < -0.4 is 10.1 Å². The van der Waals surface area contributed by atoms with Crippen molar-refractivity contribution in [3.05, 3.63) is 59.7 Å². The Morgan fingerprint density at radius 3 is 1.92 bits per heavy atom. The van der Waals surface area contributed by atoms with Crippen molar-refractivity contribution < 1.29 is 33.4 Å². The largest absolute Gasteiger partial charge is 0.495 e. The van der Waals surface area contributed by atoms with Crippen molar-refractivity contribution in [3.8, 4) is 5.75 Å². The summed E-state index contributed by atoms with van der Waals surface area (Å²) in [5.74, 6) is -2.46. The number of methoxy groups -OCH3 is 1. The quantitative estimate of drug-likeness (QED) is 0.0531. The first-order valence-corrected chi connectivity index (χ1v) is 18.8. The molecule has 1 saturated heterocycles. The smallest absolute Gasteiger partial charge is 0.338 e. The van der Waals surface area contributed by atoms with Crippen molar-refractivity contribution in [2.75, 3.05) is 25.6 Å². The first-order chi connectivity index (χ1) is 24.5. The number of ether oxygens (including phenoxy) is 2. The van der Waals surface area contributed by atoms with E-state index < -0.39 is 41.1 Å². The predicted octanol–water partition coefficient (Wildman–Crippen LogP) is 8.72. The predicted molar refractivity (Wildman–Crippen MR) is 200 cm³/mol. The zero-order valence-corrected chi connectivity index (χ0v) is 31.5. The minimum Gasteiger partial charge on any atom is -0.495 e. The van der Waals surface area contributed by atoms with E-state index in [1.54, 1.807) is 20.8 Å². The van der Waals surface area contributed by atoms with Gasteiger partial charge < -0.3 is 19.7 Å². The molecule has 0 radical (unpaired) electrons. The third kappa shape index (κ3) is 13.1. The van der Waals surface area contributed by atoms with Gasteiger partial charge in [-0.25, -0.2) is 14.5 Å². The average molecular weight is 706 g/mol. The maximum atomic E-state index is 13.9. The molecule has 0 aliphatic carbocycles. The summed E-state index contributed by atoms with van der Waals surface area (Å²) < 4.78 is 10.9. The van der Waals surface area contributed by atoms with Crippen LogP contribution in [-0.4, -0.2) is 65.7 Å². The molecule has 0 aromatic heterocycles. The minimum absolute atomic E-state index is 0.111. The summed E-state index contributed by atoms with van der Waals surface area (Å²) in [6.45, 7) is 7.29. The molecule has 1 aliphatic heterocycles. The Morgan fingerprint density at radius 2 is 1.37 bits per heavy atom. The molecule has 1 unspecified atom stereocenters. The van der Waals surface area contributed by atoms with Crippen LogP contribution in [0.15, 0.2) is 48.5 Å². The van der Waals surface area contributed by atoms with Crippen LogP contribution in [0.25, 0.3) is 0 Å². The monoisotopic (exact) mass is 705 g/mol. The summed E-state index contributed by atoms with van der Waals surface area (Å²) in [4.78, 5) is 69.2. The second kappa shape index (κ2) is 21.2. The average Bonchev–Trinajstić information content (AvgIpc) is 3.37. The number of Topliss-reactive ketones (excluding diaryl/α,β-unsaturated/α-hetero) is 1. The van der Waals surface area contributed by atoms with Crippen molar-refractivity contribution in [1.82, 2.24) is 9.80 Å². The number of nitrogens with zero attached hydrogens (tertiary/aromatic N) is 2. The molecule has 2 aromatic carbocycles. The van der Waals surface area contributed by atoms with Gasteiger partial charge in [-0.3, -0.25) is 14.4 Å². The fourth-order valence-electron chi connectivity index (χ4n) is 6.19. The molecule has 280 valence electrons. The first kappa shape index (κ1) is 41.2. The van der Waals surface area contributed by atoms with Gasteiger partial charge in [-0.05, 0) is 30.2 Å². The fraction of sp³-hybridized carbons (Fsp3) is 0.585. The van der Waals surface area contributed by atoms with E-state index >= 15 is 0 Å². The lowest BCUT2D eigenvalue weighted by Crippen LogP contribution is -2.55. The highest BCUT2D eigenvalue weighted by molar-refractivity contribution is 6.19. The number of rotatable bonds is 23. The van der Waals surface area contributed by atoms with Gasteiger partial charge in [0.2, 0.25) is 0 Å². The number of nitrogens with one attached hydrogen (secondary N) is 1. The fourth-order valence-corrected chi connectivity index (χ4v) is 6.19. The van der Waals surface area contributed by atoms with E-state index in [2.05, 4.69) is 12.2 Å². The maximum Gasteiger partial charge on any atom is 0.338 e. The number of ketones is 1. The molecule has 1 aliphatic rings. The standard InChI is InChI=1S/C41H59N3O7/c1-6-7-8-9-10-11-12-13-14-15-16-17-18-22-27-51-39(48)32-25-26-34(50-5)33(28-32)42-38(47)36(37(46)41(2,3)4)44-35(45)30-43(40(44)49)29-31-23-20-19-21-24-31/h19-21,23-26,28,36H,6-18,22,27,29-30H2,1-5H3,(H,42,47). The summed E-state index contributed by atoms with van der Waals surface area (Å²) in [5, 5.41) is 2.66. The van der Waals surface area contributed by atoms with Crippen LogP contribution in [0.1, 0.15) is 134 Å². The molecule has 1 N–H and O–H groups in total. The third-order valence-corrected chi connectivity index (χ3v) is 9.21. The molecule has 10 heteroatoms. The second-order valence-electron chi connectivity index (χ2n) is 14.5. The highest BCUT2D eigenvalue weighted by Gasteiger charge is 2.49. The second-order valence-corrected chi connectivity index (χ2v) is 14.5. The Kier molecular flexibility index (Phi) is 17.2. The van der Waals surface area contributed by atoms with Crippen LogP contribution in [0.5, 0.6) is 5.75 Å². The van der Waals surface area contributed by atoms with Crippen LogP contribution in [-0.2, 0) is 25.7 Å².